The molecule has 0 radical (unpaired) electrons. The highest BCUT2D eigenvalue weighted by Crippen LogP contribution is 2.21. The summed E-state index contributed by atoms with van der Waals surface area (Å²) in [5.41, 5.74) is 0.916. The lowest BCUT2D eigenvalue weighted by Gasteiger charge is -2.13. The van der Waals surface area contributed by atoms with Gasteiger partial charge in [0.25, 0.3) is 5.91 Å². The van der Waals surface area contributed by atoms with Gasteiger partial charge in [0.15, 0.2) is 11.3 Å². The van der Waals surface area contributed by atoms with E-state index in [2.05, 4.69) is 10.3 Å². The van der Waals surface area contributed by atoms with Crippen LogP contribution in [-0.4, -0.2) is 23.0 Å². The molecular weight excluding hydrogens is 332 g/mol. The Labute approximate surface area is 142 Å². The van der Waals surface area contributed by atoms with E-state index >= 15 is 0 Å². The molecule has 0 bridgehead atoms. The van der Waals surface area contributed by atoms with Gasteiger partial charge < -0.3 is 14.5 Å². The number of hydrogen-bond donors (Lipinski definition) is 1. The Morgan fingerprint density at radius 2 is 2.04 bits per heavy atom. The molecule has 3 rings (SSSR count). The number of halogens is 1. The molecule has 0 spiro atoms. The molecule has 0 unspecified atom stereocenters. The third-order valence-corrected chi connectivity index (χ3v) is 3.60. The van der Waals surface area contributed by atoms with Gasteiger partial charge in [0, 0.05) is 11.6 Å². The van der Waals surface area contributed by atoms with E-state index in [0.29, 0.717) is 11.3 Å². The summed E-state index contributed by atoms with van der Waals surface area (Å²) in [6.07, 6.45) is 0.477. The van der Waals surface area contributed by atoms with Gasteiger partial charge in [0.1, 0.15) is 5.58 Å². The number of furan rings is 1. The van der Waals surface area contributed by atoms with Crippen LogP contribution in [0.4, 0.5) is 5.69 Å². The van der Waals surface area contributed by atoms with Crippen molar-refractivity contribution in [2.24, 2.45) is 0 Å². The maximum absolute atomic E-state index is 12.1. The van der Waals surface area contributed by atoms with Gasteiger partial charge in [-0.2, -0.15) is 0 Å². The molecule has 0 saturated carbocycles. The fourth-order valence-corrected chi connectivity index (χ4v) is 2.23. The molecule has 0 aliphatic rings. The molecule has 1 atom stereocenters. The first kappa shape index (κ1) is 16.0. The number of carbonyl (C=O) groups excluding carboxylic acids is 2. The number of hydrogen-bond acceptors (Lipinski definition) is 5. The van der Waals surface area contributed by atoms with E-state index in [1.165, 1.54) is 13.1 Å². The van der Waals surface area contributed by atoms with Crippen molar-refractivity contribution in [2.45, 2.75) is 13.0 Å². The van der Waals surface area contributed by atoms with Crippen LogP contribution in [0.2, 0.25) is 5.15 Å². The summed E-state index contributed by atoms with van der Waals surface area (Å²) in [6.45, 7) is 1.46. The van der Waals surface area contributed by atoms with Gasteiger partial charge in [-0.3, -0.25) is 4.79 Å². The Morgan fingerprint density at radius 3 is 2.79 bits per heavy atom. The van der Waals surface area contributed by atoms with Gasteiger partial charge in [-0.1, -0.05) is 29.8 Å². The lowest BCUT2D eigenvalue weighted by atomic mass is 10.2. The van der Waals surface area contributed by atoms with Crippen LogP contribution in [0.3, 0.4) is 0 Å². The summed E-state index contributed by atoms with van der Waals surface area (Å²) in [5, 5.41) is 3.49. The number of fused-ring (bicyclic) bond motifs is 1. The second-order valence-corrected chi connectivity index (χ2v) is 5.39. The topological polar surface area (TPSA) is 81.4 Å². The maximum Gasteiger partial charge on any atom is 0.375 e. The fourth-order valence-electron chi connectivity index (χ4n) is 2.07. The average Bonchev–Trinajstić information content (AvgIpc) is 3.01. The highest BCUT2D eigenvalue weighted by Gasteiger charge is 2.22. The van der Waals surface area contributed by atoms with Crippen LogP contribution in [0.1, 0.15) is 17.5 Å². The SMILES string of the molecule is C[C@@H](OC(=O)c1cc2ccccc2o1)C(=O)Nc1cccnc1Cl. The number of anilines is 1. The molecule has 6 nitrogen and oxygen atoms in total. The fraction of sp³-hybridized carbons (Fsp3) is 0.118. The second kappa shape index (κ2) is 6.72. The highest BCUT2D eigenvalue weighted by molar-refractivity contribution is 6.32. The third-order valence-electron chi connectivity index (χ3n) is 3.30. The second-order valence-electron chi connectivity index (χ2n) is 5.03. The molecule has 1 N–H and O–H groups in total. The van der Waals surface area contributed by atoms with E-state index in [0.717, 1.165) is 5.39 Å². The minimum atomic E-state index is -1.03. The molecule has 2 heterocycles. The number of carbonyl (C=O) groups is 2. The van der Waals surface area contributed by atoms with Crippen LogP contribution in [0.25, 0.3) is 11.0 Å². The number of benzene rings is 1. The number of ether oxygens (including phenoxy) is 1. The predicted molar refractivity (Wildman–Crippen MR) is 89.0 cm³/mol. The quantitative estimate of drug-likeness (QED) is 0.577. The van der Waals surface area contributed by atoms with Gasteiger partial charge in [-0.15, -0.1) is 0 Å². The molecule has 2 aromatic heterocycles. The predicted octanol–water partition coefficient (Wildman–Crippen LogP) is 3.67. The lowest BCUT2D eigenvalue weighted by molar-refractivity contribution is -0.123. The van der Waals surface area contributed by atoms with E-state index in [-0.39, 0.29) is 10.9 Å². The van der Waals surface area contributed by atoms with Gasteiger partial charge in [0.2, 0.25) is 5.76 Å². The average molecular weight is 345 g/mol. The lowest BCUT2D eigenvalue weighted by Crippen LogP contribution is -2.30. The molecule has 1 amide bonds. The van der Waals surface area contributed by atoms with Crippen LogP contribution in [-0.2, 0) is 9.53 Å². The molecule has 3 aromatic rings. The summed E-state index contributed by atoms with van der Waals surface area (Å²) < 4.78 is 10.5. The zero-order valence-electron chi connectivity index (χ0n) is 12.7. The first-order valence-electron chi connectivity index (χ1n) is 7.15. The molecule has 1 aromatic carbocycles. The molecule has 0 saturated heterocycles. The molecule has 0 aliphatic carbocycles. The molecular formula is C17H13ClN2O4. The van der Waals surface area contributed by atoms with Gasteiger partial charge >= 0.3 is 5.97 Å². The number of esters is 1. The van der Waals surface area contributed by atoms with E-state index in [1.807, 2.05) is 12.1 Å². The first-order valence-corrected chi connectivity index (χ1v) is 7.53. The normalized spacial score (nSPS) is 11.9. The summed E-state index contributed by atoms with van der Waals surface area (Å²) in [5.74, 6) is -1.20. The summed E-state index contributed by atoms with van der Waals surface area (Å²) in [6, 6.07) is 12.0. The molecule has 122 valence electrons. The van der Waals surface area contributed by atoms with E-state index in [4.69, 9.17) is 20.8 Å². The van der Waals surface area contributed by atoms with Crippen LogP contribution in [0.5, 0.6) is 0 Å². The van der Waals surface area contributed by atoms with Crippen molar-refractivity contribution < 1.29 is 18.7 Å². The number of para-hydroxylation sites is 1. The molecule has 0 fully saturated rings. The van der Waals surface area contributed by atoms with Crippen LogP contribution < -0.4 is 5.32 Å². The van der Waals surface area contributed by atoms with Crippen molar-refractivity contribution in [1.29, 1.82) is 0 Å². The van der Waals surface area contributed by atoms with E-state index in [9.17, 15) is 9.59 Å². The number of aromatic nitrogens is 1. The number of nitrogens with zero attached hydrogens (tertiary/aromatic N) is 1. The molecule has 24 heavy (non-hydrogen) atoms. The molecule has 7 heteroatoms. The van der Waals surface area contributed by atoms with Crippen molar-refractivity contribution >= 4 is 40.1 Å². The summed E-state index contributed by atoms with van der Waals surface area (Å²) in [4.78, 5) is 28.1. The number of nitrogens with one attached hydrogen (secondary N) is 1. The number of rotatable bonds is 4. The van der Waals surface area contributed by atoms with Gasteiger partial charge in [-0.05, 0) is 31.2 Å². The largest absolute Gasteiger partial charge is 0.449 e. The first-order chi connectivity index (χ1) is 11.5. The minimum Gasteiger partial charge on any atom is -0.449 e. The Morgan fingerprint density at radius 1 is 1.25 bits per heavy atom. The summed E-state index contributed by atoms with van der Waals surface area (Å²) >= 11 is 5.87. The number of pyridine rings is 1. The van der Waals surface area contributed by atoms with Crippen LogP contribution in [0.15, 0.2) is 53.1 Å². The standard InChI is InChI=1S/C17H13ClN2O4/c1-10(16(21)20-12-6-4-8-19-15(12)18)23-17(22)14-9-11-5-2-3-7-13(11)24-14/h2-10H,1H3,(H,20,21)/t10-/m1/s1. The zero-order valence-corrected chi connectivity index (χ0v) is 13.4. The summed E-state index contributed by atoms with van der Waals surface area (Å²) in [7, 11) is 0. The van der Waals surface area contributed by atoms with Crippen molar-refractivity contribution in [2.75, 3.05) is 5.32 Å². The van der Waals surface area contributed by atoms with Crippen LogP contribution in [0, 0.1) is 0 Å². The Bertz CT molecular complexity index is 873. The van der Waals surface area contributed by atoms with Crippen molar-refractivity contribution in [1.82, 2.24) is 4.98 Å². The monoisotopic (exact) mass is 344 g/mol. The highest BCUT2D eigenvalue weighted by atomic mass is 35.5. The van der Waals surface area contributed by atoms with E-state index < -0.39 is 18.0 Å². The smallest absolute Gasteiger partial charge is 0.375 e. The van der Waals surface area contributed by atoms with Crippen LogP contribution >= 0.6 is 11.6 Å². The maximum atomic E-state index is 12.1. The van der Waals surface area contributed by atoms with E-state index in [1.54, 1.807) is 30.3 Å². The Kier molecular flexibility index (Phi) is 4.48. The zero-order chi connectivity index (χ0) is 17.1. The Hall–Kier alpha value is -2.86. The van der Waals surface area contributed by atoms with Gasteiger partial charge in [-0.25, -0.2) is 9.78 Å². The Balaban J connectivity index is 1.67. The number of amides is 1. The minimum absolute atomic E-state index is 0.0373. The van der Waals surface area contributed by atoms with Crippen molar-refractivity contribution in [3.63, 3.8) is 0 Å². The van der Waals surface area contributed by atoms with Crippen molar-refractivity contribution in [3.05, 3.63) is 59.6 Å². The third kappa shape index (κ3) is 3.38. The van der Waals surface area contributed by atoms with Crippen molar-refractivity contribution in [3.8, 4) is 0 Å². The molecule has 0 aliphatic heterocycles. The van der Waals surface area contributed by atoms with Gasteiger partial charge in [0.05, 0.1) is 5.69 Å².